The minimum absolute atomic E-state index is 0.433. The fraction of sp³-hybridized carbons (Fsp3) is 0.500. The summed E-state index contributed by atoms with van der Waals surface area (Å²) in [7, 11) is 0. The van der Waals surface area contributed by atoms with E-state index < -0.39 is 5.97 Å². The van der Waals surface area contributed by atoms with Crippen LogP contribution in [0.5, 0.6) is 0 Å². The maximum Gasteiger partial charge on any atom is 0.328 e. The molecule has 0 aliphatic carbocycles. The summed E-state index contributed by atoms with van der Waals surface area (Å²) in [5.41, 5.74) is 1.30. The number of aliphatic carboxylic acids is 1. The van der Waals surface area contributed by atoms with E-state index in [0.717, 1.165) is 37.3 Å². The molecule has 1 N–H and O–H groups in total. The zero-order chi connectivity index (χ0) is 14.6. The topological polar surface area (TPSA) is 53.4 Å². The molecule has 0 unspecified atom stereocenters. The molecule has 0 amide bonds. The van der Waals surface area contributed by atoms with Crippen molar-refractivity contribution in [2.24, 2.45) is 5.41 Å². The number of pyridine rings is 1. The lowest BCUT2D eigenvalue weighted by Crippen LogP contribution is -2.39. The molecule has 108 valence electrons. The Morgan fingerprint density at radius 3 is 2.80 bits per heavy atom. The number of carbonyl (C=O) groups is 1. The number of piperidine rings is 1. The highest BCUT2D eigenvalue weighted by Gasteiger charge is 2.29. The van der Waals surface area contributed by atoms with E-state index in [9.17, 15) is 4.79 Å². The van der Waals surface area contributed by atoms with Crippen molar-refractivity contribution in [2.75, 3.05) is 18.0 Å². The quantitative estimate of drug-likeness (QED) is 0.857. The standard InChI is InChI=1S/C16H22N2O2/c1-3-16(2)8-11-18(12-9-16)15-13(5-4-10-17-15)6-7-14(19)20/h4-7,10H,3,8-9,11-12H2,1-2H3,(H,19,20)/b7-6+. The van der Waals surface area contributed by atoms with Gasteiger partial charge in [0.2, 0.25) is 0 Å². The van der Waals surface area contributed by atoms with Crippen molar-refractivity contribution in [3.8, 4) is 0 Å². The van der Waals surface area contributed by atoms with E-state index in [1.165, 1.54) is 12.5 Å². The highest BCUT2D eigenvalue weighted by atomic mass is 16.4. The predicted octanol–water partition coefficient (Wildman–Crippen LogP) is 3.20. The third kappa shape index (κ3) is 3.38. The summed E-state index contributed by atoms with van der Waals surface area (Å²) < 4.78 is 0. The number of carboxylic acids is 1. The number of rotatable bonds is 4. The van der Waals surface area contributed by atoms with Crippen LogP contribution in [0.2, 0.25) is 0 Å². The monoisotopic (exact) mass is 274 g/mol. The van der Waals surface area contributed by atoms with Gasteiger partial charge in [0.05, 0.1) is 0 Å². The zero-order valence-corrected chi connectivity index (χ0v) is 12.2. The van der Waals surface area contributed by atoms with E-state index in [-0.39, 0.29) is 0 Å². The maximum atomic E-state index is 10.7. The van der Waals surface area contributed by atoms with Crippen molar-refractivity contribution in [3.05, 3.63) is 30.0 Å². The van der Waals surface area contributed by atoms with Gasteiger partial charge < -0.3 is 10.0 Å². The minimum atomic E-state index is -0.933. The molecular weight excluding hydrogens is 252 g/mol. The molecule has 0 radical (unpaired) electrons. The predicted molar refractivity (Wildman–Crippen MR) is 80.8 cm³/mol. The van der Waals surface area contributed by atoms with Gasteiger partial charge in [-0.2, -0.15) is 0 Å². The fourth-order valence-corrected chi connectivity index (χ4v) is 2.58. The smallest absolute Gasteiger partial charge is 0.328 e. The zero-order valence-electron chi connectivity index (χ0n) is 12.2. The molecule has 0 aromatic carbocycles. The van der Waals surface area contributed by atoms with Gasteiger partial charge in [-0.1, -0.05) is 20.3 Å². The van der Waals surface area contributed by atoms with Gasteiger partial charge >= 0.3 is 5.97 Å². The van der Waals surface area contributed by atoms with Crippen molar-refractivity contribution < 1.29 is 9.90 Å². The van der Waals surface area contributed by atoms with Crippen molar-refractivity contribution in [1.29, 1.82) is 0 Å². The number of aromatic nitrogens is 1. The Bertz CT molecular complexity index is 503. The lowest BCUT2D eigenvalue weighted by molar-refractivity contribution is -0.131. The highest BCUT2D eigenvalue weighted by Crippen LogP contribution is 2.35. The second-order valence-corrected chi connectivity index (χ2v) is 5.74. The SMILES string of the molecule is CCC1(C)CCN(c2ncccc2/C=C/C(=O)O)CC1. The van der Waals surface area contributed by atoms with Crippen LogP contribution in [-0.4, -0.2) is 29.1 Å². The molecule has 0 bridgehead atoms. The van der Waals surface area contributed by atoms with E-state index in [2.05, 4.69) is 23.7 Å². The first kappa shape index (κ1) is 14.6. The van der Waals surface area contributed by atoms with Crippen LogP contribution in [0.25, 0.3) is 6.08 Å². The molecule has 2 rings (SSSR count). The van der Waals surface area contributed by atoms with Crippen LogP contribution < -0.4 is 4.90 Å². The second kappa shape index (κ2) is 6.07. The Kier molecular flexibility index (Phi) is 4.42. The Morgan fingerprint density at radius 1 is 1.50 bits per heavy atom. The van der Waals surface area contributed by atoms with Crippen LogP contribution in [-0.2, 0) is 4.79 Å². The molecule has 1 aromatic heterocycles. The molecule has 0 saturated carbocycles. The Balaban J connectivity index is 2.16. The summed E-state index contributed by atoms with van der Waals surface area (Å²) in [5, 5.41) is 8.76. The summed E-state index contributed by atoms with van der Waals surface area (Å²) in [4.78, 5) is 17.4. The summed E-state index contributed by atoms with van der Waals surface area (Å²) in [5.74, 6) is -0.0415. The average molecular weight is 274 g/mol. The summed E-state index contributed by atoms with van der Waals surface area (Å²) in [6, 6.07) is 3.75. The van der Waals surface area contributed by atoms with E-state index in [4.69, 9.17) is 5.11 Å². The first-order valence-electron chi connectivity index (χ1n) is 7.15. The Morgan fingerprint density at radius 2 is 2.20 bits per heavy atom. The Hall–Kier alpha value is -1.84. The first-order valence-corrected chi connectivity index (χ1v) is 7.15. The van der Waals surface area contributed by atoms with Crippen molar-refractivity contribution in [3.63, 3.8) is 0 Å². The number of carboxylic acid groups (broad SMARTS) is 1. The summed E-state index contributed by atoms with van der Waals surface area (Å²) in [6.45, 7) is 6.55. The lowest BCUT2D eigenvalue weighted by Gasteiger charge is -2.39. The van der Waals surface area contributed by atoms with Gasteiger partial charge in [0.15, 0.2) is 0 Å². The molecule has 4 heteroatoms. The fourth-order valence-electron chi connectivity index (χ4n) is 2.58. The van der Waals surface area contributed by atoms with Crippen LogP contribution in [0.4, 0.5) is 5.82 Å². The van der Waals surface area contributed by atoms with Crippen molar-refractivity contribution in [1.82, 2.24) is 4.98 Å². The van der Waals surface area contributed by atoms with Crippen LogP contribution >= 0.6 is 0 Å². The molecule has 1 aliphatic heterocycles. The molecular formula is C16H22N2O2. The number of hydrogen-bond donors (Lipinski definition) is 1. The highest BCUT2D eigenvalue weighted by molar-refractivity contribution is 5.86. The van der Waals surface area contributed by atoms with Crippen LogP contribution in [0.1, 0.15) is 38.7 Å². The van der Waals surface area contributed by atoms with Crippen LogP contribution in [0.15, 0.2) is 24.4 Å². The first-order chi connectivity index (χ1) is 9.54. The molecule has 1 aromatic rings. The van der Waals surface area contributed by atoms with Crippen LogP contribution in [0, 0.1) is 5.41 Å². The van der Waals surface area contributed by atoms with Gasteiger partial charge in [-0.25, -0.2) is 9.78 Å². The number of nitrogens with zero attached hydrogens (tertiary/aromatic N) is 2. The average Bonchev–Trinajstić information content (AvgIpc) is 2.46. The molecule has 1 fully saturated rings. The van der Waals surface area contributed by atoms with E-state index in [1.54, 1.807) is 12.3 Å². The normalized spacial score (nSPS) is 18.4. The van der Waals surface area contributed by atoms with Crippen molar-refractivity contribution in [2.45, 2.75) is 33.1 Å². The van der Waals surface area contributed by atoms with E-state index >= 15 is 0 Å². The van der Waals surface area contributed by atoms with E-state index in [1.807, 2.05) is 12.1 Å². The van der Waals surface area contributed by atoms with Gasteiger partial charge in [0, 0.05) is 30.9 Å². The molecule has 2 heterocycles. The maximum absolute atomic E-state index is 10.7. The molecule has 20 heavy (non-hydrogen) atoms. The van der Waals surface area contributed by atoms with Gasteiger partial charge in [-0.15, -0.1) is 0 Å². The van der Waals surface area contributed by atoms with Crippen LogP contribution in [0.3, 0.4) is 0 Å². The summed E-state index contributed by atoms with van der Waals surface area (Å²) in [6.07, 6.45) is 8.07. The van der Waals surface area contributed by atoms with Gasteiger partial charge in [0.1, 0.15) is 5.82 Å². The molecule has 0 spiro atoms. The van der Waals surface area contributed by atoms with E-state index in [0.29, 0.717) is 5.41 Å². The molecule has 1 saturated heterocycles. The van der Waals surface area contributed by atoms with Gasteiger partial charge in [-0.3, -0.25) is 0 Å². The summed E-state index contributed by atoms with van der Waals surface area (Å²) >= 11 is 0. The van der Waals surface area contributed by atoms with Gasteiger partial charge in [0.25, 0.3) is 0 Å². The lowest BCUT2D eigenvalue weighted by atomic mass is 9.78. The Labute approximate surface area is 120 Å². The van der Waals surface area contributed by atoms with Gasteiger partial charge in [-0.05, 0) is 36.5 Å². The molecule has 1 aliphatic rings. The number of hydrogen-bond acceptors (Lipinski definition) is 3. The van der Waals surface area contributed by atoms with Crippen molar-refractivity contribution >= 4 is 17.9 Å². The third-order valence-corrected chi connectivity index (χ3v) is 4.35. The largest absolute Gasteiger partial charge is 0.478 e. The molecule has 4 nitrogen and oxygen atoms in total. The number of anilines is 1. The second-order valence-electron chi connectivity index (χ2n) is 5.74. The minimum Gasteiger partial charge on any atom is -0.478 e. The third-order valence-electron chi connectivity index (χ3n) is 4.35. The molecule has 0 atom stereocenters.